The van der Waals surface area contributed by atoms with Gasteiger partial charge in [-0.15, -0.1) is 22.7 Å². The van der Waals surface area contributed by atoms with Gasteiger partial charge in [0.05, 0.1) is 0 Å². The van der Waals surface area contributed by atoms with Crippen LogP contribution in [0.3, 0.4) is 0 Å². The minimum Gasteiger partial charge on any atom is -0.307 e. The summed E-state index contributed by atoms with van der Waals surface area (Å²) < 4.78 is 0. The first-order chi connectivity index (χ1) is 8.47. The quantitative estimate of drug-likeness (QED) is 0.855. The van der Waals surface area contributed by atoms with Gasteiger partial charge in [0.2, 0.25) is 0 Å². The fourth-order valence-corrected chi connectivity index (χ4v) is 3.67. The largest absolute Gasteiger partial charge is 0.307 e. The molecule has 0 aromatic carbocycles. The molecule has 0 fully saturated rings. The van der Waals surface area contributed by atoms with Crippen LogP contribution in [0, 0.1) is 6.92 Å². The number of rotatable bonds is 4. The fourth-order valence-electron chi connectivity index (χ4n) is 1.76. The van der Waals surface area contributed by atoms with Gasteiger partial charge in [-0.1, -0.05) is 20.8 Å². The zero-order chi connectivity index (χ0) is 13.2. The summed E-state index contributed by atoms with van der Waals surface area (Å²) in [6.45, 7) is 10.9. The van der Waals surface area contributed by atoms with Crippen LogP contribution >= 0.6 is 22.7 Å². The molecule has 0 aliphatic rings. The van der Waals surface area contributed by atoms with Crippen molar-refractivity contribution in [1.82, 2.24) is 5.32 Å². The van der Waals surface area contributed by atoms with Crippen molar-refractivity contribution in [2.24, 2.45) is 0 Å². The van der Waals surface area contributed by atoms with Crippen molar-refractivity contribution in [1.29, 1.82) is 0 Å². The highest BCUT2D eigenvalue weighted by atomic mass is 32.1. The van der Waals surface area contributed by atoms with Crippen LogP contribution in [-0.4, -0.2) is 0 Å². The van der Waals surface area contributed by atoms with Crippen LogP contribution < -0.4 is 5.32 Å². The zero-order valence-corrected chi connectivity index (χ0v) is 13.2. The van der Waals surface area contributed by atoms with Crippen molar-refractivity contribution in [3.63, 3.8) is 0 Å². The highest BCUT2D eigenvalue weighted by molar-refractivity contribution is 7.12. The van der Waals surface area contributed by atoms with Crippen molar-refractivity contribution in [3.8, 4) is 0 Å². The van der Waals surface area contributed by atoms with Crippen LogP contribution in [0.25, 0.3) is 0 Å². The molecule has 1 nitrogen and oxygen atoms in total. The molecule has 2 aromatic rings. The second-order valence-electron chi connectivity index (χ2n) is 5.65. The van der Waals surface area contributed by atoms with Crippen molar-refractivity contribution >= 4 is 22.7 Å². The Morgan fingerprint density at radius 1 is 1.11 bits per heavy atom. The Kier molecular flexibility index (Phi) is 4.25. The predicted octanol–water partition coefficient (Wildman–Crippen LogP) is 4.71. The van der Waals surface area contributed by atoms with Gasteiger partial charge in [-0.2, -0.15) is 0 Å². The molecule has 2 heterocycles. The summed E-state index contributed by atoms with van der Waals surface area (Å²) >= 11 is 3.76. The summed E-state index contributed by atoms with van der Waals surface area (Å²) in [5, 5.41) is 5.69. The van der Waals surface area contributed by atoms with Crippen molar-refractivity contribution in [3.05, 3.63) is 43.8 Å². The standard InChI is InChI=1S/C15H21NS2/c1-11-7-8-17-13(11)10-16-9-12-5-6-14(18-12)15(2,3)4/h5-8,16H,9-10H2,1-4H3. The molecule has 0 bridgehead atoms. The van der Waals surface area contributed by atoms with E-state index in [9.17, 15) is 0 Å². The van der Waals surface area contributed by atoms with Gasteiger partial charge >= 0.3 is 0 Å². The minimum atomic E-state index is 0.271. The number of nitrogens with one attached hydrogen (secondary N) is 1. The maximum atomic E-state index is 3.53. The normalized spacial score (nSPS) is 12.0. The second-order valence-corrected chi connectivity index (χ2v) is 7.82. The third-order valence-corrected chi connectivity index (χ3v) is 5.49. The molecule has 0 aliphatic heterocycles. The first-order valence-corrected chi connectivity index (χ1v) is 7.99. The van der Waals surface area contributed by atoms with E-state index in [4.69, 9.17) is 0 Å². The van der Waals surface area contributed by atoms with E-state index in [1.165, 1.54) is 20.2 Å². The molecule has 0 atom stereocenters. The van der Waals surface area contributed by atoms with Crippen LogP contribution in [0.4, 0.5) is 0 Å². The highest BCUT2D eigenvalue weighted by Crippen LogP contribution is 2.29. The van der Waals surface area contributed by atoms with Gasteiger partial charge in [-0.3, -0.25) is 0 Å². The zero-order valence-electron chi connectivity index (χ0n) is 11.5. The smallest absolute Gasteiger partial charge is 0.0305 e. The molecule has 0 amide bonds. The topological polar surface area (TPSA) is 12.0 Å². The van der Waals surface area contributed by atoms with Crippen LogP contribution in [0.2, 0.25) is 0 Å². The van der Waals surface area contributed by atoms with E-state index in [0.717, 1.165) is 13.1 Å². The van der Waals surface area contributed by atoms with Crippen molar-refractivity contribution in [2.75, 3.05) is 0 Å². The van der Waals surface area contributed by atoms with Gasteiger partial charge in [0, 0.05) is 27.7 Å². The van der Waals surface area contributed by atoms with Crippen molar-refractivity contribution in [2.45, 2.75) is 46.2 Å². The molecule has 98 valence electrons. The van der Waals surface area contributed by atoms with Gasteiger partial charge in [-0.05, 0) is 41.5 Å². The molecule has 2 aromatic heterocycles. The van der Waals surface area contributed by atoms with E-state index in [2.05, 4.69) is 56.6 Å². The number of hydrogen-bond donors (Lipinski definition) is 1. The SMILES string of the molecule is Cc1ccsc1CNCc1ccc(C(C)(C)C)s1. The lowest BCUT2D eigenvalue weighted by atomic mass is 9.95. The number of thiophene rings is 2. The van der Waals surface area contributed by atoms with E-state index in [-0.39, 0.29) is 5.41 Å². The molecule has 0 aliphatic carbocycles. The van der Waals surface area contributed by atoms with Gasteiger partial charge in [0.15, 0.2) is 0 Å². The Morgan fingerprint density at radius 3 is 2.44 bits per heavy atom. The monoisotopic (exact) mass is 279 g/mol. The van der Waals surface area contributed by atoms with E-state index in [0.29, 0.717) is 0 Å². The van der Waals surface area contributed by atoms with E-state index in [1.807, 2.05) is 22.7 Å². The van der Waals surface area contributed by atoms with Gasteiger partial charge in [0.1, 0.15) is 0 Å². The lowest BCUT2D eigenvalue weighted by Crippen LogP contribution is -2.11. The molecule has 18 heavy (non-hydrogen) atoms. The van der Waals surface area contributed by atoms with E-state index in [1.54, 1.807) is 0 Å². The molecule has 3 heteroatoms. The highest BCUT2D eigenvalue weighted by Gasteiger charge is 2.15. The van der Waals surface area contributed by atoms with Gasteiger partial charge in [0.25, 0.3) is 0 Å². The van der Waals surface area contributed by atoms with Gasteiger partial charge in [-0.25, -0.2) is 0 Å². The summed E-state index contributed by atoms with van der Waals surface area (Å²) in [6, 6.07) is 6.70. The molecular formula is C15H21NS2. The Balaban J connectivity index is 1.88. The summed E-state index contributed by atoms with van der Waals surface area (Å²) in [7, 11) is 0. The molecule has 0 saturated heterocycles. The molecule has 0 spiro atoms. The molecular weight excluding hydrogens is 258 g/mol. The molecule has 0 radical (unpaired) electrons. The van der Waals surface area contributed by atoms with Crippen LogP contribution in [0.15, 0.2) is 23.6 Å². The maximum absolute atomic E-state index is 3.53. The number of aryl methyl sites for hydroxylation is 1. The van der Waals surface area contributed by atoms with Crippen molar-refractivity contribution < 1.29 is 0 Å². The molecule has 0 unspecified atom stereocenters. The Hall–Kier alpha value is -0.640. The second kappa shape index (κ2) is 5.55. The molecule has 0 saturated carbocycles. The average Bonchev–Trinajstić information content (AvgIpc) is 2.88. The first-order valence-electron chi connectivity index (χ1n) is 6.29. The third-order valence-electron chi connectivity index (χ3n) is 2.95. The summed E-state index contributed by atoms with van der Waals surface area (Å²) in [5.74, 6) is 0. The van der Waals surface area contributed by atoms with Crippen LogP contribution in [-0.2, 0) is 18.5 Å². The Morgan fingerprint density at radius 2 is 1.89 bits per heavy atom. The number of hydrogen-bond acceptors (Lipinski definition) is 3. The van der Waals surface area contributed by atoms with Crippen LogP contribution in [0.5, 0.6) is 0 Å². The van der Waals surface area contributed by atoms with E-state index >= 15 is 0 Å². The average molecular weight is 279 g/mol. The predicted molar refractivity (Wildman–Crippen MR) is 82.6 cm³/mol. The Labute approximate surface area is 118 Å². The first kappa shape index (κ1) is 13.8. The molecule has 1 N–H and O–H groups in total. The van der Waals surface area contributed by atoms with Gasteiger partial charge < -0.3 is 5.32 Å². The van der Waals surface area contributed by atoms with Crippen LogP contribution in [0.1, 0.15) is 41.0 Å². The minimum absolute atomic E-state index is 0.271. The maximum Gasteiger partial charge on any atom is 0.0305 e. The summed E-state index contributed by atoms with van der Waals surface area (Å²) in [4.78, 5) is 4.34. The summed E-state index contributed by atoms with van der Waals surface area (Å²) in [5.41, 5.74) is 1.67. The molecule has 2 rings (SSSR count). The van der Waals surface area contributed by atoms with E-state index < -0.39 is 0 Å². The third kappa shape index (κ3) is 3.44. The summed E-state index contributed by atoms with van der Waals surface area (Å²) in [6.07, 6.45) is 0. The fraction of sp³-hybridized carbons (Fsp3) is 0.467. The lowest BCUT2D eigenvalue weighted by molar-refractivity contribution is 0.604. The lowest BCUT2D eigenvalue weighted by Gasteiger charge is -2.15. The Bertz CT molecular complexity index is 503.